The van der Waals surface area contributed by atoms with E-state index in [-0.39, 0.29) is 23.8 Å². The van der Waals surface area contributed by atoms with Crippen LogP contribution in [0.25, 0.3) is 0 Å². The molecule has 1 aliphatic heterocycles. The first kappa shape index (κ1) is 17.7. The number of nitrogens with one attached hydrogen (secondary N) is 2. The molecule has 2 aromatic rings. The summed E-state index contributed by atoms with van der Waals surface area (Å²) in [5.74, 6) is -0.168. The number of fused-ring (bicyclic) bond motifs is 1. The van der Waals surface area contributed by atoms with Crippen LogP contribution in [0.15, 0.2) is 53.0 Å². The highest BCUT2D eigenvalue weighted by atomic mass is 79.9. The number of rotatable bonds is 5. The van der Waals surface area contributed by atoms with Crippen LogP contribution >= 0.6 is 15.9 Å². The number of carbonyl (C=O) groups is 2. The molecule has 2 aromatic carbocycles. The highest BCUT2D eigenvalue weighted by Crippen LogP contribution is 2.27. The fourth-order valence-electron chi connectivity index (χ4n) is 3.10. The van der Waals surface area contributed by atoms with Gasteiger partial charge in [-0.3, -0.25) is 9.59 Å². The van der Waals surface area contributed by atoms with Crippen molar-refractivity contribution < 1.29 is 9.59 Å². The van der Waals surface area contributed by atoms with E-state index in [4.69, 9.17) is 0 Å². The van der Waals surface area contributed by atoms with E-state index < -0.39 is 0 Å². The van der Waals surface area contributed by atoms with Gasteiger partial charge in [-0.15, -0.1) is 0 Å². The zero-order valence-electron chi connectivity index (χ0n) is 14.1. The van der Waals surface area contributed by atoms with E-state index in [1.54, 1.807) is 0 Å². The molecule has 0 spiro atoms. The van der Waals surface area contributed by atoms with Gasteiger partial charge in [0.2, 0.25) is 11.8 Å². The molecule has 0 aromatic heterocycles. The van der Waals surface area contributed by atoms with Crippen molar-refractivity contribution in [1.82, 2.24) is 5.32 Å². The summed E-state index contributed by atoms with van der Waals surface area (Å²) in [6.07, 6.45) is 1.59. The summed E-state index contributed by atoms with van der Waals surface area (Å²) in [5.41, 5.74) is 3.08. The number of carbonyl (C=O) groups excluding carboxylic acids is 2. The molecular weight excluding hydrogens is 380 g/mol. The maximum atomic E-state index is 12.2. The summed E-state index contributed by atoms with van der Waals surface area (Å²) >= 11 is 3.41. The lowest BCUT2D eigenvalue weighted by Gasteiger charge is -2.24. The Morgan fingerprint density at radius 2 is 1.96 bits per heavy atom. The van der Waals surface area contributed by atoms with Crippen LogP contribution in [0.3, 0.4) is 0 Å². The second kappa shape index (κ2) is 7.83. The number of hydrogen-bond acceptors (Lipinski definition) is 2. The third kappa shape index (κ3) is 4.48. The second-order valence-electron chi connectivity index (χ2n) is 6.43. The lowest BCUT2D eigenvalue weighted by atomic mass is 9.89. The number of anilines is 1. The monoisotopic (exact) mass is 400 g/mol. The first-order valence-corrected chi connectivity index (χ1v) is 9.26. The molecular formula is C20H21BrN2O2. The molecule has 25 heavy (non-hydrogen) atoms. The van der Waals surface area contributed by atoms with E-state index in [1.807, 2.05) is 55.5 Å². The molecule has 1 heterocycles. The van der Waals surface area contributed by atoms with Crippen molar-refractivity contribution >= 4 is 33.4 Å². The molecule has 0 radical (unpaired) electrons. The average Bonchev–Trinajstić information content (AvgIpc) is 2.60. The highest BCUT2D eigenvalue weighted by molar-refractivity contribution is 9.10. The molecule has 3 rings (SSSR count). The Morgan fingerprint density at radius 3 is 2.72 bits per heavy atom. The van der Waals surface area contributed by atoms with E-state index in [9.17, 15) is 9.59 Å². The van der Waals surface area contributed by atoms with Crippen molar-refractivity contribution in [3.05, 3.63) is 64.1 Å². The van der Waals surface area contributed by atoms with Crippen LogP contribution in [0.5, 0.6) is 0 Å². The Kier molecular flexibility index (Phi) is 5.53. The lowest BCUT2D eigenvalue weighted by Crippen LogP contribution is -2.32. The van der Waals surface area contributed by atoms with Gasteiger partial charge >= 0.3 is 0 Å². The van der Waals surface area contributed by atoms with Crippen LogP contribution in [-0.4, -0.2) is 11.8 Å². The van der Waals surface area contributed by atoms with Crippen LogP contribution in [0, 0.1) is 5.92 Å². The third-order valence-corrected chi connectivity index (χ3v) is 5.11. The molecule has 5 heteroatoms. The minimum Gasteiger partial charge on any atom is -0.350 e. The molecule has 0 aliphatic carbocycles. The highest BCUT2D eigenvalue weighted by Gasteiger charge is 2.26. The van der Waals surface area contributed by atoms with Crippen molar-refractivity contribution in [2.75, 3.05) is 5.32 Å². The first-order chi connectivity index (χ1) is 12.0. The van der Waals surface area contributed by atoms with E-state index in [1.165, 1.54) is 0 Å². The number of halogens is 1. The van der Waals surface area contributed by atoms with Crippen molar-refractivity contribution in [2.24, 2.45) is 5.92 Å². The number of para-hydroxylation sites is 1. The predicted octanol–water partition coefficient (Wildman–Crippen LogP) is 4.22. The molecule has 1 aliphatic rings. The molecule has 0 saturated heterocycles. The lowest BCUT2D eigenvalue weighted by molar-refractivity contribution is -0.123. The molecule has 2 N–H and O–H groups in total. The standard InChI is InChI=1S/C20H21BrN2O2/c1-13(14-6-9-17(21)10-7-14)22-19(24)11-8-16-12-15-4-2-3-5-18(15)23-20(16)25/h2-7,9-10,13,16H,8,11-12H2,1H3,(H,22,24)(H,23,25)/t13-,16+/m0/s1. The minimum atomic E-state index is -0.149. The van der Waals surface area contributed by atoms with Gasteiger partial charge in [0.25, 0.3) is 0 Å². The first-order valence-electron chi connectivity index (χ1n) is 8.46. The summed E-state index contributed by atoms with van der Waals surface area (Å²) < 4.78 is 1.01. The molecule has 130 valence electrons. The Hall–Kier alpha value is -2.14. The second-order valence-corrected chi connectivity index (χ2v) is 7.34. The number of benzene rings is 2. The van der Waals surface area contributed by atoms with Gasteiger partial charge in [-0.1, -0.05) is 46.3 Å². The third-order valence-electron chi connectivity index (χ3n) is 4.58. The maximum Gasteiger partial charge on any atom is 0.227 e. The van der Waals surface area contributed by atoms with Gasteiger partial charge in [-0.25, -0.2) is 0 Å². The van der Waals surface area contributed by atoms with Gasteiger partial charge in [0.15, 0.2) is 0 Å². The van der Waals surface area contributed by atoms with Gasteiger partial charge in [0, 0.05) is 22.5 Å². The SMILES string of the molecule is C[C@H](NC(=O)CC[C@@H]1Cc2ccccc2NC1=O)c1ccc(Br)cc1. The van der Waals surface area contributed by atoms with Crippen LogP contribution in [0.4, 0.5) is 5.69 Å². The van der Waals surface area contributed by atoms with Gasteiger partial charge in [-0.2, -0.15) is 0 Å². The van der Waals surface area contributed by atoms with Crippen molar-refractivity contribution in [3.63, 3.8) is 0 Å². The van der Waals surface area contributed by atoms with Crippen LogP contribution in [-0.2, 0) is 16.0 Å². The quantitative estimate of drug-likeness (QED) is 0.789. The normalized spacial score (nSPS) is 17.4. The van der Waals surface area contributed by atoms with E-state index >= 15 is 0 Å². The summed E-state index contributed by atoms with van der Waals surface area (Å²) in [6, 6.07) is 15.7. The summed E-state index contributed by atoms with van der Waals surface area (Å²) in [4.78, 5) is 24.4. The minimum absolute atomic E-state index is 0.00691. The van der Waals surface area contributed by atoms with Crippen molar-refractivity contribution in [3.8, 4) is 0 Å². The largest absolute Gasteiger partial charge is 0.350 e. The Labute approximate surface area is 156 Å². The fourth-order valence-corrected chi connectivity index (χ4v) is 3.36. The Bertz CT molecular complexity index is 774. The van der Waals surface area contributed by atoms with Crippen LogP contribution in [0.2, 0.25) is 0 Å². The molecule has 2 atom stereocenters. The molecule has 0 unspecified atom stereocenters. The van der Waals surface area contributed by atoms with Crippen molar-refractivity contribution in [1.29, 1.82) is 0 Å². The predicted molar refractivity (Wildman–Crippen MR) is 102 cm³/mol. The molecule has 0 bridgehead atoms. The van der Waals surface area contributed by atoms with Gasteiger partial charge in [0.1, 0.15) is 0 Å². The maximum absolute atomic E-state index is 12.2. The van der Waals surface area contributed by atoms with E-state index in [2.05, 4.69) is 26.6 Å². The molecule has 0 fully saturated rings. The number of amides is 2. The van der Waals surface area contributed by atoms with Crippen LogP contribution in [0.1, 0.15) is 36.9 Å². The van der Waals surface area contributed by atoms with Crippen molar-refractivity contribution in [2.45, 2.75) is 32.2 Å². The van der Waals surface area contributed by atoms with Crippen LogP contribution < -0.4 is 10.6 Å². The zero-order chi connectivity index (χ0) is 17.8. The van der Waals surface area contributed by atoms with E-state index in [0.717, 1.165) is 21.3 Å². The topological polar surface area (TPSA) is 58.2 Å². The molecule has 4 nitrogen and oxygen atoms in total. The summed E-state index contributed by atoms with van der Waals surface area (Å²) in [7, 11) is 0. The zero-order valence-corrected chi connectivity index (χ0v) is 15.7. The van der Waals surface area contributed by atoms with E-state index in [0.29, 0.717) is 19.3 Å². The van der Waals surface area contributed by atoms with Gasteiger partial charge in [0.05, 0.1) is 6.04 Å². The molecule has 0 saturated carbocycles. The Balaban J connectivity index is 1.52. The fraction of sp³-hybridized carbons (Fsp3) is 0.300. The smallest absolute Gasteiger partial charge is 0.227 e. The summed E-state index contributed by atoms with van der Waals surface area (Å²) in [5, 5.41) is 5.93. The average molecular weight is 401 g/mol. The van der Waals surface area contributed by atoms with Gasteiger partial charge in [-0.05, 0) is 49.1 Å². The van der Waals surface area contributed by atoms with Gasteiger partial charge < -0.3 is 10.6 Å². The molecule has 2 amide bonds. The Morgan fingerprint density at radius 1 is 1.24 bits per heavy atom. The number of hydrogen-bond donors (Lipinski definition) is 2. The summed E-state index contributed by atoms with van der Waals surface area (Å²) in [6.45, 7) is 1.96.